The van der Waals surface area contributed by atoms with E-state index in [0.29, 0.717) is 5.75 Å². The molecule has 0 spiro atoms. The zero-order chi connectivity index (χ0) is 35.1. The number of carbonyl (C=O) groups excluding carboxylic acids is 1. The Hall–Kier alpha value is -4.29. The highest BCUT2D eigenvalue weighted by molar-refractivity contribution is 7.99. The second kappa shape index (κ2) is 16.2. The molecule has 4 atom stereocenters. The van der Waals surface area contributed by atoms with E-state index in [0.717, 1.165) is 44.0 Å². The van der Waals surface area contributed by atoms with Crippen LogP contribution in [0.4, 0.5) is 5.69 Å². The molecule has 0 unspecified atom stereocenters. The second-order valence-corrected chi connectivity index (χ2v) is 15.2. The van der Waals surface area contributed by atoms with Crippen LogP contribution in [-0.2, 0) is 37.4 Å². The van der Waals surface area contributed by atoms with Crippen molar-refractivity contribution in [3.63, 3.8) is 0 Å². The van der Waals surface area contributed by atoms with Gasteiger partial charge in [-0.1, -0.05) is 85.8 Å². The molecule has 0 saturated carbocycles. The third-order valence-electron chi connectivity index (χ3n) is 8.65. The lowest BCUT2D eigenvalue weighted by Gasteiger charge is -2.41. The zero-order valence-electron chi connectivity index (χ0n) is 27.9. The van der Waals surface area contributed by atoms with Crippen molar-refractivity contribution in [2.75, 3.05) is 11.1 Å². The minimum atomic E-state index is -3.64. The van der Waals surface area contributed by atoms with Crippen LogP contribution in [0.3, 0.4) is 0 Å². The van der Waals surface area contributed by atoms with E-state index in [2.05, 4.69) is 23.0 Å². The number of sulfonamides is 1. The van der Waals surface area contributed by atoms with Gasteiger partial charge in [0, 0.05) is 41.3 Å². The topological polar surface area (TPSA) is 114 Å². The standard InChI is InChI=1S/C40H40N2O6S2/c1-27-38(26-49-36-20-18-35(19-21-36)42-28(2)44)47-40(48-39(27)31-16-14-29(25-43)15-17-31)34-11-7-10-33(23-34)32-9-6-8-30(22-32)24-41-50(45,46)37-12-4-3-5-13-37/h3-23,27,38-41,43H,24-26H2,1-2H3,(H,42,44)/t27-,38+,39+,40+/m0/s1. The summed E-state index contributed by atoms with van der Waals surface area (Å²) in [5, 5.41) is 12.4. The number of ether oxygens (including phenoxy) is 2. The van der Waals surface area contributed by atoms with Crippen LogP contribution >= 0.6 is 11.8 Å². The molecule has 1 aliphatic heterocycles. The molecule has 1 heterocycles. The van der Waals surface area contributed by atoms with Gasteiger partial charge >= 0.3 is 0 Å². The van der Waals surface area contributed by atoms with Crippen molar-refractivity contribution in [3.05, 3.63) is 150 Å². The molecule has 6 rings (SSSR count). The average Bonchev–Trinajstić information content (AvgIpc) is 3.14. The molecule has 3 N–H and O–H groups in total. The van der Waals surface area contributed by atoms with Gasteiger partial charge in [-0.2, -0.15) is 0 Å². The summed E-state index contributed by atoms with van der Waals surface area (Å²) in [6.45, 7) is 3.76. The summed E-state index contributed by atoms with van der Waals surface area (Å²) < 4.78 is 41.7. The molecule has 0 radical (unpaired) electrons. The number of carbonyl (C=O) groups is 1. The van der Waals surface area contributed by atoms with Gasteiger partial charge in [0.1, 0.15) is 0 Å². The maximum Gasteiger partial charge on any atom is 0.240 e. The highest BCUT2D eigenvalue weighted by Crippen LogP contribution is 2.43. The van der Waals surface area contributed by atoms with Crippen LogP contribution in [-0.4, -0.2) is 31.3 Å². The van der Waals surface area contributed by atoms with Gasteiger partial charge < -0.3 is 19.9 Å². The molecular weight excluding hydrogens is 669 g/mol. The highest BCUT2D eigenvalue weighted by atomic mass is 32.2. The summed E-state index contributed by atoms with van der Waals surface area (Å²) in [5.74, 6) is 0.603. The van der Waals surface area contributed by atoms with Crippen LogP contribution < -0.4 is 10.0 Å². The third kappa shape index (κ3) is 8.89. The summed E-state index contributed by atoms with van der Waals surface area (Å²) in [6, 6.07) is 39.8. The van der Waals surface area contributed by atoms with Crippen molar-refractivity contribution in [1.82, 2.24) is 4.72 Å². The van der Waals surface area contributed by atoms with Gasteiger partial charge in [-0.15, -0.1) is 11.8 Å². The van der Waals surface area contributed by atoms with Crippen LogP contribution in [0.15, 0.2) is 137 Å². The Morgan fingerprint density at radius 3 is 2.18 bits per heavy atom. The van der Waals surface area contributed by atoms with Crippen molar-refractivity contribution < 1.29 is 27.8 Å². The minimum absolute atomic E-state index is 0.0249. The van der Waals surface area contributed by atoms with Crippen molar-refractivity contribution >= 4 is 33.4 Å². The molecule has 0 aliphatic carbocycles. The van der Waals surface area contributed by atoms with E-state index in [4.69, 9.17) is 9.47 Å². The van der Waals surface area contributed by atoms with Crippen LogP contribution in [0.25, 0.3) is 11.1 Å². The van der Waals surface area contributed by atoms with E-state index in [1.165, 1.54) is 6.92 Å². The molecule has 0 bridgehead atoms. The van der Waals surface area contributed by atoms with Crippen molar-refractivity contribution in [1.29, 1.82) is 0 Å². The lowest BCUT2D eigenvalue weighted by atomic mass is 9.91. The van der Waals surface area contributed by atoms with Crippen molar-refractivity contribution in [3.8, 4) is 11.1 Å². The number of rotatable bonds is 12. The van der Waals surface area contributed by atoms with E-state index < -0.39 is 16.3 Å². The largest absolute Gasteiger partial charge is 0.392 e. The fourth-order valence-electron chi connectivity index (χ4n) is 5.91. The summed E-state index contributed by atoms with van der Waals surface area (Å²) in [5.41, 5.74) is 6.20. The number of anilines is 1. The molecule has 1 aliphatic rings. The van der Waals surface area contributed by atoms with Gasteiger partial charge in [-0.25, -0.2) is 13.1 Å². The molecule has 1 saturated heterocycles. The molecule has 5 aromatic carbocycles. The monoisotopic (exact) mass is 708 g/mol. The molecule has 0 aromatic heterocycles. The average molecular weight is 709 g/mol. The molecule has 10 heteroatoms. The fraction of sp³-hybridized carbons (Fsp3) is 0.225. The molecular formula is C40H40N2O6S2. The molecule has 258 valence electrons. The number of hydrogen-bond donors (Lipinski definition) is 3. The first-order chi connectivity index (χ1) is 24.2. The zero-order valence-corrected chi connectivity index (χ0v) is 29.5. The van der Waals surface area contributed by atoms with Crippen LogP contribution in [0.1, 0.15) is 48.5 Å². The smallest absolute Gasteiger partial charge is 0.240 e. The van der Waals surface area contributed by atoms with E-state index in [9.17, 15) is 18.3 Å². The van der Waals surface area contributed by atoms with Gasteiger partial charge in [-0.3, -0.25) is 4.79 Å². The van der Waals surface area contributed by atoms with Crippen molar-refractivity contribution in [2.45, 2.75) is 55.3 Å². The lowest BCUT2D eigenvalue weighted by molar-refractivity contribution is -0.268. The lowest BCUT2D eigenvalue weighted by Crippen LogP contribution is -2.38. The number of aliphatic hydroxyl groups excluding tert-OH is 1. The summed E-state index contributed by atoms with van der Waals surface area (Å²) in [7, 11) is -3.64. The number of hydrogen-bond acceptors (Lipinski definition) is 7. The van der Waals surface area contributed by atoms with Gasteiger partial charge in [0.25, 0.3) is 0 Å². The SMILES string of the molecule is CC(=O)Nc1ccc(SC[C@H]2O[C@@H](c3cccc(-c4cccc(CNS(=O)(=O)c5ccccc5)c4)c3)O[C@@H](c3ccc(CO)cc3)[C@H]2C)cc1. The molecule has 1 fully saturated rings. The third-order valence-corrected chi connectivity index (χ3v) is 11.2. The Kier molecular flexibility index (Phi) is 11.5. The number of benzene rings is 5. The first-order valence-corrected chi connectivity index (χ1v) is 18.9. The Labute approximate surface area is 297 Å². The Morgan fingerprint density at radius 1 is 0.780 bits per heavy atom. The molecule has 8 nitrogen and oxygen atoms in total. The number of thioether (sulfide) groups is 1. The first-order valence-electron chi connectivity index (χ1n) is 16.4. The van der Waals surface area contributed by atoms with Crippen LogP contribution in [0.5, 0.6) is 0 Å². The predicted molar refractivity (Wildman–Crippen MR) is 197 cm³/mol. The fourth-order valence-corrected chi connectivity index (χ4v) is 8.02. The first kappa shape index (κ1) is 35.5. The van der Waals surface area contributed by atoms with E-state index in [1.54, 1.807) is 42.1 Å². The van der Waals surface area contributed by atoms with Gasteiger partial charge in [0.15, 0.2) is 6.29 Å². The number of aliphatic hydroxyl groups is 1. The quantitative estimate of drug-likeness (QED) is 0.113. The van der Waals surface area contributed by atoms with Crippen LogP contribution in [0, 0.1) is 5.92 Å². The maximum absolute atomic E-state index is 12.8. The Morgan fingerprint density at radius 2 is 1.48 bits per heavy atom. The molecule has 5 aromatic rings. The van der Waals surface area contributed by atoms with E-state index in [-0.39, 0.29) is 42.1 Å². The van der Waals surface area contributed by atoms with Gasteiger partial charge in [-0.05, 0) is 76.3 Å². The normalized spacial score (nSPS) is 19.2. The predicted octanol–water partition coefficient (Wildman–Crippen LogP) is 7.87. The van der Waals surface area contributed by atoms with E-state index >= 15 is 0 Å². The minimum Gasteiger partial charge on any atom is -0.392 e. The summed E-state index contributed by atoms with van der Waals surface area (Å²) in [4.78, 5) is 12.7. The van der Waals surface area contributed by atoms with Gasteiger partial charge in [0.2, 0.25) is 15.9 Å². The van der Waals surface area contributed by atoms with Crippen LogP contribution in [0.2, 0.25) is 0 Å². The number of nitrogens with one attached hydrogen (secondary N) is 2. The van der Waals surface area contributed by atoms with Gasteiger partial charge in [0.05, 0.1) is 23.7 Å². The Balaban J connectivity index is 1.22. The molecule has 50 heavy (non-hydrogen) atoms. The highest BCUT2D eigenvalue weighted by Gasteiger charge is 2.38. The maximum atomic E-state index is 12.8. The Bertz CT molecular complexity index is 2000. The van der Waals surface area contributed by atoms with E-state index in [1.807, 2.05) is 91.0 Å². The molecule has 1 amide bonds. The second-order valence-electron chi connectivity index (χ2n) is 12.3. The number of amides is 1. The van der Waals surface area contributed by atoms with Crippen molar-refractivity contribution in [2.24, 2.45) is 5.92 Å². The summed E-state index contributed by atoms with van der Waals surface area (Å²) >= 11 is 1.69. The summed E-state index contributed by atoms with van der Waals surface area (Å²) in [6.07, 6.45) is -1.04.